The topological polar surface area (TPSA) is 8.82 Å². The van der Waals surface area contributed by atoms with Crippen LogP contribution in [0.3, 0.4) is 0 Å². The van der Waals surface area contributed by atoms with Crippen molar-refractivity contribution in [2.75, 3.05) is 0 Å². The Morgan fingerprint density at radius 2 is 1.11 bits per heavy atom. The van der Waals surface area contributed by atoms with E-state index in [1.165, 1.54) is 69.0 Å². The van der Waals surface area contributed by atoms with Gasteiger partial charge in [0.05, 0.1) is 40.0 Å². The third-order valence-corrected chi connectivity index (χ3v) is 11.1. The van der Waals surface area contributed by atoms with Crippen molar-refractivity contribution < 1.29 is 6.85 Å². The summed E-state index contributed by atoms with van der Waals surface area (Å²) in [6.45, 7) is 0. The average molecular weight is 592 g/mol. The highest BCUT2D eigenvalue weighted by molar-refractivity contribution is 7.26. The first kappa shape index (κ1) is 18.9. The molecule has 0 radical (unpaired) electrons. The number of fused-ring (bicyclic) bond motifs is 16. The number of para-hydroxylation sites is 2. The number of aromatic nitrogens is 2. The molecule has 0 spiro atoms. The van der Waals surface area contributed by atoms with Gasteiger partial charge in [0, 0.05) is 63.3 Å². The number of benzene rings is 7. The number of nitrogens with zero attached hydrogens (tertiary/aromatic N) is 2. The molecule has 0 saturated carbocycles. The van der Waals surface area contributed by atoms with E-state index in [1.54, 1.807) is 11.3 Å². The molecule has 5 aromatic heterocycles. The quantitative estimate of drug-likeness (QED) is 0.180. The Kier molecular flexibility index (Phi) is 3.24. The van der Waals surface area contributed by atoms with E-state index in [0.717, 1.165) is 27.3 Å². The summed E-state index contributed by atoms with van der Waals surface area (Å²) < 4.78 is 49.6. The molecule has 12 aromatic rings. The van der Waals surface area contributed by atoms with E-state index in [9.17, 15) is 0 Å². The molecule has 2 nitrogen and oxygen atoms in total. The second-order valence-corrected chi connectivity index (χ2v) is 13.2. The lowest BCUT2D eigenvalue weighted by Gasteiger charge is -2.05. The van der Waals surface area contributed by atoms with Crippen LogP contribution in [0.5, 0.6) is 0 Å². The summed E-state index contributed by atoms with van der Waals surface area (Å²) in [5, 5.41) is 11.9. The summed E-state index contributed by atoms with van der Waals surface area (Å²) in [6, 6.07) is 35.5. The van der Waals surface area contributed by atoms with Gasteiger partial charge < -0.3 is 8.80 Å². The Morgan fingerprint density at radius 1 is 0.422 bits per heavy atom. The Bertz CT molecular complexity index is 3470. The molecule has 0 aliphatic heterocycles. The highest BCUT2D eigenvalue weighted by Crippen LogP contribution is 2.49. The zero-order valence-corrected chi connectivity index (χ0v) is 24.4. The Labute approximate surface area is 267 Å². The fraction of sp³-hybridized carbons (Fsp3) is 0. The first-order chi connectivity index (χ1) is 24.4. The number of thiophene rings is 1. The number of rotatable bonds is 1. The van der Waals surface area contributed by atoms with Gasteiger partial charge in [-0.05, 0) is 53.6 Å². The Morgan fingerprint density at radius 3 is 1.98 bits per heavy atom. The van der Waals surface area contributed by atoms with E-state index in [1.807, 2.05) is 12.1 Å². The fourth-order valence-corrected chi connectivity index (χ4v) is 9.45. The van der Waals surface area contributed by atoms with Crippen LogP contribution in [0.25, 0.3) is 107 Å². The highest BCUT2D eigenvalue weighted by atomic mass is 32.1. The summed E-state index contributed by atoms with van der Waals surface area (Å²) in [6.07, 6.45) is 0. The molecule has 0 fully saturated rings. The minimum Gasteiger partial charge on any atom is -0.308 e. The number of hydrogen-bond donors (Lipinski definition) is 0. The summed E-state index contributed by atoms with van der Waals surface area (Å²) in [4.78, 5) is 0. The van der Waals surface area contributed by atoms with Crippen molar-refractivity contribution in [1.29, 1.82) is 0 Å². The van der Waals surface area contributed by atoms with Gasteiger partial charge in [-0.1, -0.05) is 90.9 Å². The smallest absolute Gasteiger partial charge is 0.0629 e. The van der Waals surface area contributed by atoms with Crippen molar-refractivity contribution in [2.45, 2.75) is 0 Å². The monoisotopic (exact) mass is 591 g/mol. The van der Waals surface area contributed by atoms with Gasteiger partial charge in [-0.2, -0.15) is 0 Å². The van der Waals surface area contributed by atoms with E-state index in [4.69, 9.17) is 6.85 Å². The largest absolute Gasteiger partial charge is 0.308 e. The molecule has 206 valence electrons. The van der Waals surface area contributed by atoms with Crippen LogP contribution < -0.4 is 0 Å². The molecule has 45 heavy (non-hydrogen) atoms. The van der Waals surface area contributed by atoms with Crippen LogP contribution in [-0.4, -0.2) is 8.80 Å². The van der Waals surface area contributed by atoms with Crippen LogP contribution in [0, 0.1) is 0 Å². The molecule has 0 atom stereocenters. The summed E-state index contributed by atoms with van der Waals surface area (Å²) in [5.41, 5.74) is 7.78. The van der Waals surface area contributed by atoms with Gasteiger partial charge in [0.1, 0.15) is 0 Å². The first-order valence-corrected chi connectivity index (χ1v) is 15.9. The molecule has 0 aliphatic rings. The average Bonchev–Trinajstić information content (AvgIpc) is 3.93. The van der Waals surface area contributed by atoms with Crippen molar-refractivity contribution >= 4 is 108 Å². The fourth-order valence-electron chi connectivity index (χ4n) is 8.29. The SMILES string of the molecule is [2H]c1c([2H])c([2H])c(-c2ccc3c(c2)c2c4c(cc5c6cc7c(cc6n3c52)c2cccc3c5ccccc5n7c32)sc2ccccc24)c([2H])c1[2H]. The maximum Gasteiger partial charge on any atom is 0.0629 e. The Balaban J connectivity index is 1.30. The van der Waals surface area contributed by atoms with E-state index in [-0.39, 0.29) is 35.8 Å². The van der Waals surface area contributed by atoms with Gasteiger partial charge in [-0.3, -0.25) is 0 Å². The molecule has 7 aromatic carbocycles. The van der Waals surface area contributed by atoms with Crippen LogP contribution in [0.4, 0.5) is 0 Å². The second-order valence-electron chi connectivity index (χ2n) is 12.1. The second kappa shape index (κ2) is 7.71. The Hall–Kier alpha value is -5.64. The molecule has 3 heteroatoms. The van der Waals surface area contributed by atoms with Crippen molar-refractivity contribution in [3.05, 3.63) is 133 Å². The zero-order valence-electron chi connectivity index (χ0n) is 28.6. The lowest BCUT2D eigenvalue weighted by Crippen LogP contribution is -1.83. The van der Waals surface area contributed by atoms with Gasteiger partial charge in [0.25, 0.3) is 0 Å². The molecule has 12 rings (SSSR count). The van der Waals surface area contributed by atoms with Gasteiger partial charge >= 0.3 is 0 Å². The molecule has 0 N–H and O–H groups in total. The van der Waals surface area contributed by atoms with E-state index < -0.39 is 0 Å². The summed E-state index contributed by atoms with van der Waals surface area (Å²) in [5.74, 6) is 0. The molecule has 0 aliphatic carbocycles. The minimum atomic E-state index is -0.383. The molecular formula is C42H22N2S. The molecule has 0 saturated heterocycles. The summed E-state index contributed by atoms with van der Waals surface area (Å²) >= 11 is 1.80. The van der Waals surface area contributed by atoms with Gasteiger partial charge in [-0.15, -0.1) is 11.3 Å². The summed E-state index contributed by atoms with van der Waals surface area (Å²) in [7, 11) is 0. The maximum absolute atomic E-state index is 8.74. The lowest BCUT2D eigenvalue weighted by molar-refractivity contribution is 1.36. The maximum atomic E-state index is 8.74. The molecule has 0 amide bonds. The molecule has 0 bridgehead atoms. The van der Waals surface area contributed by atoms with Crippen molar-refractivity contribution in [2.24, 2.45) is 0 Å². The highest BCUT2D eigenvalue weighted by Gasteiger charge is 2.25. The normalized spacial score (nSPS) is 14.4. The predicted octanol–water partition coefficient (Wildman–Crippen LogP) is 12.0. The van der Waals surface area contributed by atoms with Crippen molar-refractivity contribution in [3.8, 4) is 11.1 Å². The van der Waals surface area contributed by atoms with Gasteiger partial charge in [0.2, 0.25) is 0 Å². The molecule has 5 heterocycles. The third-order valence-electron chi connectivity index (χ3n) is 10.0. The van der Waals surface area contributed by atoms with E-state index in [2.05, 4.69) is 99.8 Å². The molecular weight excluding hydrogens is 565 g/mol. The zero-order chi connectivity index (χ0) is 33.3. The van der Waals surface area contributed by atoms with Crippen molar-refractivity contribution in [3.63, 3.8) is 0 Å². The van der Waals surface area contributed by atoms with Crippen molar-refractivity contribution in [1.82, 2.24) is 8.80 Å². The van der Waals surface area contributed by atoms with Gasteiger partial charge in [-0.25, -0.2) is 0 Å². The van der Waals surface area contributed by atoms with Crippen LogP contribution in [-0.2, 0) is 0 Å². The first-order valence-electron chi connectivity index (χ1n) is 17.6. The third kappa shape index (κ3) is 2.61. The van der Waals surface area contributed by atoms with E-state index in [0.29, 0.717) is 5.56 Å². The van der Waals surface area contributed by atoms with Crippen LogP contribution in [0.2, 0.25) is 0 Å². The minimum absolute atomic E-state index is 0.190. The van der Waals surface area contributed by atoms with Crippen LogP contribution in [0.1, 0.15) is 6.85 Å². The van der Waals surface area contributed by atoms with Crippen LogP contribution >= 0.6 is 11.3 Å². The lowest BCUT2D eigenvalue weighted by atomic mass is 9.99. The standard InChI is InChI=1S/C42H22N2S/c1-2-9-23(10-3-1)24-17-18-34-32(19-24)40-39-28-12-5-7-16-37(28)45-38(39)22-31-30-21-35-29(20-36(30)44(34)42(31)40)27-14-8-13-26-25-11-4-6-15-33(25)43(35)41(26)27/h1-22H/i1D,2D,3D,9D,10D. The van der Waals surface area contributed by atoms with E-state index >= 15 is 0 Å². The predicted molar refractivity (Wildman–Crippen MR) is 194 cm³/mol. The molecule has 0 unspecified atom stereocenters. The number of hydrogen-bond acceptors (Lipinski definition) is 1. The van der Waals surface area contributed by atoms with Gasteiger partial charge in [0.15, 0.2) is 0 Å². The van der Waals surface area contributed by atoms with Crippen LogP contribution in [0.15, 0.2) is 133 Å².